The van der Waals surface area contributed by atoms with Crippen LogP contribution in [0.15, 0.2) is 59.5 Å². The Labute approximate surface area is 162 Å². The second kappa shape index (κ2) is 9.92. The molecule has 0 saturated heterocycles. The van der Waals surface area contributed by atoms with E-state index in [1.165, 1.54) is 25.1 Å². The van der Waals surface area contributed by atoms with E-state index in [0.717, 1.165) is 16.0 Å². The maximum absolute atomic E-state index is 13.0. The number of ether oxygens (including phenoxy) is 1. The van der Waals surface area contributed by atoms with Crippen molar-refractivity contribution in [2.75, 3.05) is 6.26 Å². The van der Waals surface area contributed by atoms with Crippen molar-refractivity contribution in [1.29, 1.82) is 0 Å². The Hall–Kier alpha value is -2.60. The van der Waals surface area contributed by atoms with Gasteiger partial charge >= 0.3 is 5.97 Å². The van der Waals surface area contributed by atoms with Gasteiger partial charge in [0.2, 0.25) is 0 Å². The van der Waals surface area contributed by atoms with Crippen molar-refractivity contribution < 1.29 is 18.7 Å². The molecule has 0 aromatic heterocycles. The van der Waals surface area contributed by atoms with E-state index in [9.17, 15) is 14.0 Å². The summed E-state index contributed by atoms with van der Waals surface area (Å²) in [6.45, 7) is 3.28. The van der Waals surface area contributed by atoms with Crippen molar-refractivity contribution in [1.82, 2.24) is 5.32 Å². The zero-order valence-electron chi connectivity index (χ0n) is 15.4. The van der Waals surface area contributed by atoms with Crippen LogP contribution in [0.2, 0.25) is 0 Å². The molecule has 0 bridgehead atoms. The van der Waals surface area contributed by atoms with Crippen LogP contribution >= 0.6 is 11.8 Å². The van der Waals surface area contributed by atoms with Crippen LogP contribution in [0.25, 0.3) is 6.08 Å². The number of benzene rings is 2. The molecule has 0 aliphatic carbocycles. The Morgan fingerprint density at radius 1 is 1.07 bits per heavy atom. The zero-order valence-corrected chi connectivity index (χ0v) is 16.3. The topological polar surface area (TPSA) is 55.4 Å². The number of hydrogen-bond acceptors (Lipinski definition) is 4. The van der Waals surface area contributed by atoms with E-state index in [4.69, 9.17) is 4.74 Å². The van der Waals surface area contributed by atoms with Gasteiger partial charge < -0.3 is 10.1 Å². The molecular formula is C21H22FNO3S. The van der Waals surface area contributed by atoms with Crippen molar-refractivity contribution in [2.24, 2.45) is 0 Å². The molecule has 1 amide bonds. The van der Waals surface area contributed by atoms with Gasteiger partial charge in [0.1, 0.15) is 5.82 Å². The van der Waals surface area contributed by atoms with E-state index in [0.29, 0.717) is 0 Å². The van der Waals surface area contributed by atoms with Crippen LogP contribution in [0, 0.1) is 5.82 Å². The van der Waals surface area contributed by atoms with E-state index >= 15 is 0 Å². The number of nitrogens with one attached hydrogen (secondary N) is 1. The van der Waals surface area contributed by atoms with Crippen molar-refractivity contribution in [3.05, 3.63) is 71.6 Å². The molecule has 0 aliphatic rings. The van der Waals surface area contributed by atoms with Crippen molar-refractivity contribution in [2.45, 2.75) is 30.9 Å². The average molecular weight is 387 g/mol. The van der Waals surface area contributed by atoms with Gasteiger partial charge in [0.15, 0.2) is 6.10 Å². The molecule has 0 heterocycles. The zero-order chi connectivity index (χ0) is 19.8. The van der Waals surface area contributed by atoms with E-state index in [1.807, 2.05) is 30.5 Å². The third kappa shape index (κ3) is 6.57. The number of esters is 1. The first-order valence-electron chi connectivity index (χ1n) is 8.47. The minimum absolute atomic E-state index is 0.329. The van der Waals surface area contributed by atoms with E-state index in [1.54, 1.807) is 36.9 Å². The maximum Gasteiger partial charge on any atom is 0.331 e. The summed E-state index contributed by atoms with van der Waals surface area (Å²) in [6.07, 6.45) is 3.98. The summed E-state index contributed by atoms with van der Waals surface area (Å²) >= 11 is 1.64. The second-order valence-corrected chi connectivity index (χ2v) is 6.85. The highest BCUT2D eigenvalue weighted by molar-refractivity contribution is 7.98. The fraction of sp³-hybridized carbons (Fsp3) is 0.238. The fourth-order valence-electron chi connectivity index (χ4n) is 2.31. The van der Waals surface area contributed by atoms with Gasteiger partial charge in [-0.2, -0.15) is 0 Å². The number of thioether (sulfide) groups is 1. The third-order valence-electron chi connectivity index (χ3n) is 3.92. The normalized spacial score (nSPS) is 13.2. The lowest BCUT2D eigenvalue weighted by molar-refractivity contribution is -0.150. The molecule has 6 heteroatoms. The highest BCUT2D eigenvalue weighted by Crippen LogP contribution is 2.16. The number of rotatable bonds is 7. The molecule has 2 atom stereocenters. The molecule has 0 aliphatic heterocycles. The Kier molecular flexibility index (Phi) is 7.61. The Balaban J connectivity index is 1.86. The Bertz CT molecular complexity index is 803. The molecule has 4 nitrogen and oxygen atoms in total. The van der Waals surface area contributed by atoms with Crippen LogP contribution in [0.5, 0.6) is 0 Å². The van der Waals surface area contributed by atoms with Gasteiger partial charge in [-0.15, -0.1) is 11.8 Å². The molecule has 0 saturated carbocycles. The predicted molar refractivity (Wildman–Crippen MR) is 106 cm³/mol. The summed E-state index contributed by atoms with van der Waals surface area (Å²) in [7, 11) is 0. The van der Waals surface area contributed by atoms with Crippen LogP contribution in [0.4, 0.5) is 4.39 Å². The predicted octanol–water partition coefficient (Wildman–Crippen LogP) is 4.37. The minimum Gasteiger partial charge on any atom is -0.449 e. The van der Waals surface area contributed by atoms with Gasteiger partial charge in [-0.25, -0.2) is 9.18 Å². The molecule has 0 radical (unpaired) electrons. The smallest absolute Gasteiger partial charge is 0.331 e. The molecule has 142 valence electrons. The lowest BCUT2D eigenvalue weighted by atomic mass is 10.1. The summed E-state index contributed by atoms with van der Waals surface area (Å²) in [6, 6.07) is 13.3. The Morgan fingerprint density at radius 3 is 2.30 bits per heavy atom. The van der Waals surface area contributed by atoms with Crippen LogP contribution in [-0.4, -0.2) is 24.2 Å². The average Bonchev–Trinajstić information content (AvgIpc) is 2.67. The molecule has 0 fully saturated rings. The van der Waals surface area contributed by atoms with E-state index < -0.39 is 18.0 Å². The lowest BCUT2D eigenvalue weighted by Gasteiger charge is -2.17. The van der Waals surface area contributed by atoms with Crippen molar-refractivity contribution >= 4 is 29.7 Å². The minimum atomic E-state index is -0.941. The molecular weight excluding hydrogens is 365 g/mol. The first-order chi connectivity index (χ1) is 12.9. The lowest BCUT2D eigenvalue weighted by Crippen LogP contribution is -2.37. The monoisotopic (exact) mass is 387 g/mol. The highest BCUT2D eigenvalue weighted by atomic mass is 32.2. The molecule has 27 heavy (non-hydrogen) atoms. The van der Waals surface area contributed by atoms with Crippen LogP contribution in [0.3, 0.4) is 0 Å². The van der Waals surface area contributed by atoms with E-state index in [-0.39, 0.29) is 11.9 Å². The van der Waals surface area contributed by atoms with Crippen LogP contribution in [-0.2, 0) is 14.3 Å². The highest BCUT2D eigenvalue weighted by Gasteiger charge is 2.19. The molecule has 0 unspecified atom stereocenters. The second-order valence-electron chi connectivity index (χ2n) is 5.97. The van der Waals surface area contributed by atoms with Gasteiger partial charge in [0, 0.05) is 11.0 Å². The number of carbonyl (C=O) groups is 2. The van der Waals surface area contributed by atoms with Gasteiger partial charge in [0.25, 0.3) is 5.91 Å². The molecule has 2 aromatic rings. The maximum atomic E-state index is 13.0. The standard InChI is InChI=1S/C21H22FNO3S/c1-14(17-7-9-18(22)10-8-17)23-21(25)15(2)26-20(24)13-6-16-4-11-19(27-3)12-5-16/h4-15H,1-3H3,(H,23,25)/b13-6+/t14-,15-/m0/s1. The third-order valence-corrected chi connectivity index (χ3v) is 4.66. The number of carbonyl (C=O) groups excluding carboxylic acids is 2. The first-order valence-corrected chi connectivity index (χ1v) is 9.70. The van der Waals surface area contributed by atoms with Gasteiger partial charge in [-0.3, -0.25) is 4.79 Å². The van der Waals surface area contributed by atoms with Gasteiger partial charge in [0.05, 0.1) is 6.04 Å². The summed E-state index contributed by atoms with van der Waals surface area (Å²) in [5.41, 5.74) is 1.63. The summed E-state index contributed by atoms with van der Waals surface area (Å²) in [5.74, 6) is -1.35. The van der Waals surface area contributed by atoms with Crippen LogP contribution < -0.4 is 5.32 Å². The molecule has 2 rings (SSSR count). The summed E-state index contributed by atoms with van der Waals surface area (Å²) in [4.78, 5) is 25.2. The van der Waals surface area contributed by atoms with Crippen molar-refractivity contribution in [3.63, 3.8) is 0 Å². The van der Waals surface area contributed by atoms with E-state index in [2.05, 4.69) is 5.32 Å². The van der Waals surface area contributed by atoms with Gasteiger partial charge in [-0.05, 0) is 61.6 Å². The summed E-state index contributed by atoms with van der Waals surface area (Å²) in [5, 5.41) is 2.74. The molecule has 2 aromatic carbocycles. The largest absolute Gasteiger partial charge is 0.449 e. The summed E-state index contributed by atoms with van der Waals surface area (Å²) < 4.78 is 18.1. The van der Waals surface area contributed by atoms with Gasteiger partial charge in [-0.1, -0.05) is 24.3 Å². The molecule has 0 spiro atoms. The molecule has 1 N–H and O–H groups in total. The van der Waals surface area contributed by atoms with Crippen LogP contribution in [0.1, 0.15) is 31.0 Å². The number of halogens is 1. The Morgan fingerprint density at radius 2 is 1.70 bits per heavy atom. The number of amides is 1. The fourth-order valence-corrected chi connectivity index (χ4v) is 2.72. The van der Waals surface area contributed by atoms with Crippen molar-refractivity contribution in [3.8, 4) is 0 Å². The SMILES string of the molecule is CSc1ccc(/C=C/C(=O)O[C@@H](C)C(=O)N[C@@H](C)c2ccc(F)cc2)cc1. The number of hydrogen-bond donors (Lipinski definition) is 1. The first kappa shape index (κ1) is 20.7. The quantitative estimate of drug-likeness (QED) is 0.435.